The molecule has 1 aromatic rings. The van der Waals surface area contributed by atoms with E-state index in [0.29, 0.717) is 6.42 Å². The number of benzene rings is 1. The molecule has 1 atom stereocenters. The molecule has 15 heavy (non-hydrogen) atoms. The summed E-state index contributed by atoms with van der Waals surface area (Å²) in [4.78, 5) is 11.8. The number of carbonyl (C=O) groups excluding carboxylic acids is 1. The second-order valence-corrected chi connectivity index (χ2v) is 3.77. The average molecular weight is 230 g/mol. The molecule has 0 aliphatic rings. The van der Waals surface area contributed by atoms with Gasteiger partial charge in [0, 0.05) is 17.5 Å². The number of rotatable bonds is 4. The molecule has 2 N–H and O–H groups in total. The third-order valence-electron chi connectivity index (χ3n) is 2.34. The lowest BCUT2D eigenvalue weighted by atomic mass is 9.95. The number of Topliss-reactive ketones (excluding diaryl/α,β-unsaturated/α-hetero) is 1. The van der Waals surface area contributed by atoms with Crippen molar-refractivity contribution >= 4 is 17.4 Å². The van der Waals surface area contributed by atoms with E-state index in [1.54, 1.807) is 0 Å². The predicted molar refractivity (Wildman–Crippen MR) is 58.6 cm³/mol. The highest BCUT2D eigenvalue weighted by atomic mass is 35.5. The molecule has 0 aromatic heterocycles. The highest BCUT2D eigenvalue weighted by Gasteiger charge is 2.19. The van der Waals surface area contributed by atoms with E-state index < -0.39 is 5.82 Å². The minimum absolute atomic E-state index is 0.0664. The molecule has 4 heteroatoms. The van der Waals surface area contributed by atoms with E-state index >= 15 is 0 Å². The molecule has 0 fully saturated rings. The summed E-state index contributed by atoms with van der Waals surface area (Å²) in [7, 11) is 0. The van der Waals surface area contributed by atoms with E-state index in [9.17, 15) is 9.18 Å². The lowest BCUT2D eigenvalue weighted by molar-refractivity contribution is 0.0917. The fraction of sp³-hybridized carbons (Fsp3) is 0.364. The van der Waals surface area contributed by atoms with Crippen LogP contribution in [0.15, 0.2) is 18.2 Å². The maximum Gasteiger partial charge on any atom is 0.170 e. The van der Waals surface area contributed by atoms with E-state index in [2.05, 4.69) is 0 Å². The SMILES string of the molecule is CCC(CN)C(=O)c1ccc(Cl)cc1F. The molecule has 0 aliphatic heterocycles. The Morgan fingerprint density at radius 1 is 1.60 bits per heavy atom. The second-order valence-electron chi connectivity index (χ2n) is 3.33. The van der Waals surface area contributed by atoms with Crippen molar-refractivity contribution in [2.45, 2.75) is 13.3 Å². The van der Waals surface area contributed by atoms with Crippen LogP contribution in [0.5, 0.6) is 0 Å². The summed E-state index contributed by atoms with van der Waals surface area (Å²) < 4.78 is 13.4. The van der Waals surface area contributed by atoms with Crippen molar-refractivity contribution in [3.8, 4) is 0 Å². The van der Waals surface area contributed by atoms with Crippen molar-refractivity contribution < 1.29 is 9.18 Å². The van der Waals surface area contributed by atoms with Crippen LogP contribution in [0.4, 0.5) is 4.39 Å². The molecule has 0 amide bonds. The maximum absolute atomic E-state index is 13.4. The van der Waals surface area contributed by atoms with Crippen molar-refractivity contribution in [2.75, 3.05) is 6.54 Å². The molecular weight excluding hydrogens is 217 g/mol. The predicted octanol–water partition coefficient (Wildman–Crippen LogP) is 2.65. The zero-order chi connectivity index (χ0) is 11.4. The average Bonchev–Trinajstić information content (AvgIpc) is 2.19. The lowest BCUT2D eigenvalue weighted by Crippen LogP contribution is -2.23. The van der Waals surface area contributed by atoms with Crippen LogP contribution < -0.4 is 5.73 Å². The molecule has 2 nitrogen and oxygen atoms in total. The summed E-state index contributed by atoms with van der Waals surface area (Å²) in [6.07, 6.45) is 0.609. The van der Waals surface area contributed by atoms with Gasteiger partial charge in [-0.2, -0.15) is 0 Å². The van der Waals surface area contributed by atoms with Gasteiger partial charge in [0.15, 0.2) is 5.78 Å². The van der Waals surface area contributed by atoms with Gasteiger partial charge in [0.2, 0.25) is 0 Å². The maximum atomic E-state index is 13.4. The first-order chi connectivity index (χ1) is 7.10. The Labute approximate surface area is 93.2 Å². The van der Waals surface area contributed by atoms with Gasteiger partial charge in [-0.3, -0.25) is 4.79 Å². The van der Waals surface area contributed by atoms with Gasteiger partial charge in [-0.1, -0.05) is 18.5 Å². The van der Waals surface area contributed by atoms with Crippen LogP contribution in [0.25, 0.3) is 0 Å². The fourth-order valence-corrected chi connectivity index (χ4v) is 1.53. The third kappa shape index (κ3) is 2.76. The Bertz CT molecular complexity index is 364. The monoisotopic (exact) mass is 229 g/mol. The van der Waals surface area contributed by atoms with Gasteiger partial charge in [-0.25, -0.2) is 4.39 Å². The van der Waals surface area contributed by atoms with Gasteiger partial charge in [-0.05, 0) is 24.6 Å². The van der Waals surface area contributed by atoms with Gasteiger partial charge >= 0.3 is 0 Å². The summed E-state index contributed by atoms with van der Waals surface area (Å²) in [5, 5.41) is 0.282. The van der Waals surface area contributed by atoms with Gasteiger partial charge in [0.25, 0.3) is 0 Å². The van der Waals surface area contributed by atoms with Crippen molar-refractivity contribution in [3.05, 3.63) is 34.6 Å². The Hall–Kier alpha value is -0.930. The summed E-state index contributed by atoms with van der Waals surface area (Å²) in [6.45, 7) is 2.08. The normalized spacial score (nSPS) is 12.5. The molecule has 0 spiro atoms. The summed E-state index contributed by atoms with van der Waals surface area (Å²) in [6, 6.07) is 4.04. The molecule has 0 aliphatic carbocycles. The van der Waals surface area contributed by atoms with Crippen LogP contribution in [0.1, 0.15) is 23.7 Å². The standard InChI is InChI=1S/C11H13ClFNO/c1-2-7(6-14)11(15)9-4-3-8(12)5-10(9)13/h3-5,7H,2,6,14H2,1H3. The fourth-order valence-electron chi connectivity index (χ4n) is 1.37. The molecule has 1 unspecified atom stereocenters. The number of hydrogen-bond acceptors (Lipinski definition) is 2. The van der Waals surface area contributed by atoms with Crippen molar-refractivity contribution in [2.24, 2.45) is 11.7 Å². The van der Waals surface area contributed by atoms with Crippen LogP contribution in [0, 0.1) is 11.7 Å². The highest BCUT2D eigenvalue weighted by Crippen LogP contribution is 2.18. The number of halogens is 2. The molecule has 82 valence electrons. The van der Waals surface area contributed by atoms with Gasteiger partial charge < -0.3 is 5.73 Å². The minimum Gasteiger partial charge on any atom is -0.330 e. The zero-order valence-corrected chi connectivity index (χ0v) is 9.22. The van der Waals surface area contributed by atoms with E-state index in [1.165, 1.54) is 12.1 Å². The van der Waals surface area contributed by atoms with E-state index in [-0.39, 0.29) is 28.8 Å². The Balaban J connectivity index is 3.00. The van der Waals surface area contributed by atoms with Crippen LogP contribution in [0.2, 0.25) is 5.02 Å². The minimum atomic E-state index is -0.584. The molecule has 0 radical (unpaired) electrons. The molecule has 0 saturated heterocycles. The number of hydrogen-bond donors (Lipinski definition) is 1. The van der Waals surface area contributed by atoms with Crippen molar-refractivity contribution in [1.82, 2.24) is 0 Å². The smallest absolute Gasteiger partial charge is 0.170 e. The van der Waals surface area contributed by atoms with Crippen molar-refractivity contribution in [3.63, 3.8) is 0 Å². The molecular formula is C11H13ClFNO. The topological polar surface area (TPSA) is 43.1 Å². The first-order valence-corrected chi connectivity index (χ1v) is 5.17. The summed E-state index contributed by atoms with van der Waals surface area (Å²) in [5.74, 6) is -1.16. The van der Waals surface area contributed by atoms with E-state index in [4.69, 9.17) is 17.3 Å². The summed E-state index contributed by atoms with van der Waals surface area (Å²) in [5.41, 5.74) is 5.50. The molecule has 1 rings (SSSR count). The van der Waals surface area contributed by atoms with E-state index in [0.717, 1.165) is 6.07 Å². The Kier molecular flexibility index (Phi) is 4.24. The molecule has 0 heterocycles. The first-order valence-electron chi connectivity index (χ1n) is 4.79. The zero-order valence-electron chi connectivity index (χ0n) is 8.47. The van der Waals surface area contributed by atoms with Gasteiger partial charge in [-0.15, -0.1) is 0 Å². The van der Waals surface area contributed by atoms with Crippen LogP contribution in [-0.2, 0) is 0 Å². The quantitative estimate of drug-likeness (QED) is 0.807. The van der Waals surface area contributed by atoms with Crippen LogP contribution >= 0.6 is 11.6 Å². The first kappa shape index (κ1) is 12.1. The van der Waals surface area contributed by atoms with Gasteiger partial charge in [0.05, 0.1) is 5.56 Å². The Morgan fingerprint density at radius 3 is 2.73 bits per heavy atom. The van der Waals surface area contributed by atoms with E-state index in [1.807, 2.05) is 6.92 Å². The lowest BCUT2D eigenvalue weighted by Gasteiger charge is -2.11. The molecule has 0 bridgehead atoms. The van der Waals surface area contributed by atoms with Crippen LogP contribution in [-0.4, -0.2) is 12.3 Å². The number of carbonyl (C=O) groups is 1. The highest BCUT2D eigenvalue weighted by molar-refractivity contribution is 6.30. The molecule has 1 aromatic carbocycles. The summed E-state index contributed by atoms with van der Waals surface area (Å²) >= 11 is 5.59. The van der Waals surface area contributed by atoms with Gasteiger partial charge in [0.1, 0.15) is 5.82 Å². The number of ketones is 1. The largest absolute Gasteiger partial charge is 0.330 e. The Morgan fingerprint density at radius 2 is 2.27 bits per heavy atom. The second kappa shape index (κ2) is 5.24. The van der Waals surface area contributed by atoms with Crippen LogP contribution in [0.3, 0.4) is 0 Å². The molecule has 0 saturated carbocycles. The number of nitrogens with two attached hydrogens (primary N) is 1. The third-order valence-corrected chi connectivity index (χ3v) is 2.58. The van der Waals surface area contributed by atoms with Crippen molar-refractivity contribution in [1.29, 1.82) is 0 Å².